The number of pyridine rings is 2. The van der Waals surface area contributed by atoms with Gasteiger partial charge in [-0.25, -0.2) is 9.18 Å². The molecule has 37 heavy (non-hydrogen) atoms. The number of fused-ring (bicyclic) bond motifs is 1. The van der Waals surface area contributed by atoms with E-state index in [1.54, 1.807) is 38.4 Å². The van der Waals surface area contributed by atoms with Gasteiger partial charge in [-0.15, -0.1) is 0 Å². The first-order chi connectivity index (χ1) is 17.2. The van der Waals surface area contributed by atoms with Crippen molar-refractivity contribution in [1.29, 1.82) is 0 Å². The summed E-state index contributed by atoms with van der Waals surface area (Å²) in [5, 5.41) is 9.46. The van der Waals surface area contributed by atoms with E-state index in [2.05, 4.69) is 0 Å². The normalized spacial score (nSPS) is 15.4. The SMILES string of the molecule is NC(=O)c1ccc[n+](CC(=O)N2CCN(c3cc4c(cc3F)c(=O)c(C(=O)O)cn4C3CC3)CC2)c1.[Br-]. The van der Waals surface area contributed by atoms with Crippen LogP contribution in [0.3, 0.4) is 0 Å². The van der Waals surface area contributed by atoms with Crippen LogP contribution in [0.2, 0.25) is 0 Å². The monoisotopic (exact) mass is 573 g/mol. The van der Waals surface area contributed by atoms with Crippen LogP contribution in [0.15, 0.2) is 47.7 Å². The van der Waals surface area contributed by atoms with Crippen LogP contribution in [-0.4, -0.2) is 58.5 Å². The number of piperazine rings is 1. The van der Waals surface area contributed by atoms with Crippen LogP contribution in [0, 0.1) is 5.82 Å². The first-order valence-corrected chi connectivity index (χ1v) is 11.7. The molecule has 3 aromatic rings. The molecule has 2 aliphatic rings. The van der Waals surface area contributed by atoms with Gasteiger partial charge in [-0.1, -0.05) is 0 Å². The van der Waals surface area contributed by atoms with Crippen molar-refractivity contribution in [2.24, 2.45) is 5.73 Å². The number of carbonyl (C=O) groups excluding carboxylic acids is 2. The lowest BCUT2D eigenvalue weighted by atomic mass is 10.1. The van der Waals surface area contributed by atoms with Crippen molar-refractivity contribution < 1.29 is 45.4 Å². The second-order valence-corrected chi connectivity index (χ2v) is 9.13. The van der Waals surface area contributed by atoms with Crippen molar-refractivity contribution in [3.05, 3.63) is 70.0 Å². The Kier molecular flexibility index (Phi) is 7.30. The van der Waals surface area contributed by atoms with Crippen LogP contribution in [0.4, 0.5) is 10.1 Å². The molecule has 3 N–H and O–H groups in total. The molecule has 2 aromatic heterocycles. The van der Waals surface area contributed by atoms with Gasteiger partial charge in [0.05, 0.1) is 11.2 Å². The number of amides is 2. The standard InChI is InChI=1S/C25H24FN5O5.BrH/c26-19-10-17-20(31(16-3-4-16)13-18(23(17)33)25(35)36)11-21(19)29-6-8-30(9-7-29)22(32)14-28-5-1-2-15(12-28)24(27)34;/h1-2,5,10-13,16H,3-4,6-9,14H2,(H2-,27,34,35,36);1H. The Balaban J connectivity index is 0.00000320. The molecule has 2 amide bonds. The number of aromatic carboxylic acids is 1. The molecule has 1 aliphatic heterocycles. The van der Waals surface area contributed by atoms with E-state index in [0.717, 1.165) is 18.9 Å². The molecule has 0 radical (unpaired) electrons. The van der Waals surface area contributed by atoms with Crippen LogP contribution in [0.1, 0.15) is 39.6 Å². The predicted octanol–water partition coefficient (Wildman–Crippen LogP) is -2.09. The molecule has 1 saturated carbocycles. The quantitative estimate of drug-likeness (QED) is 0.325. The van der Waals surface area contributed by atoms with Gasteiger partial charge < -0.3 is 42.2 Å². The molecule has 1 aliphatic carbocycles. The van der Waals surface area contributed by atoms with Crippen molar-refractivity contribution in [1.82, 2.24) is 9.47 Å². The average Bonchev–Trinajstić information content (AvgIpc) is 3.70. The smallest absolute Gasteiger partial charge is 0.341 e. The minimum absolute atomic E-state index is 0. The summed E-state index contributed by atoms with van der Waals surface area (Å²) in [5.41, 5.74) is 5.36. The summed E-state index contributed by atoms with van der Waals surface area (Å²) in [7, 11) is 0. The van der Waals surface area contributed by atoms with Gasteiger partial charge in [-0.2, -0.15) is 4.57 Å². The molecular weight excluding hydrogens is 549 g/mol. The van der Waals surface area contributed by atoms with E-state index in [0.29, 0.717) is 42.9 Å². The van der Waals surface area contributed by atoms with E-state index in [-0.39, 0.29) is 46.4 Å². The second-order valence-electron chi connectivity index (χ2n) is 9.13. The van der Waals surface area contributed by atoms with Crippen LogP contribution in [-0.2, 0) is 11.3 Å². The Morgan fingerprint density at radius 1 is 1.14 bits per heavy atom. The fraction of sp³-hybridized carbons (Fsp3) is 0.320. The number of carboxylic acids is 1. The van der Waals surface area contributed by atoms with Crippen LogP contribution >= 0.6 is 0 Å². The third-order valence-corrected chi connectivity index (χ3v) is 6.71. The van der Waals surface area contributed by atoms with Crippen molar-refractivity contribution in [3.8, 4) is 0 Å². The van der Waals surface area contributed by atoms with Gasteiger partial charge in [0, 0.05) is 49.9 Å². The lowest BCUT2D eigenvalue weighted by Crippen LogP contribution is -3.00. The molecule has 1 aromatic carbocycles. The zero-order valence-electron chi connectivity index (χ0n) is 19.8. The lowest BCUT2D eigenvalue weighted by Gasteiger charge is -2.36. The van der Waals surface area contributed by atoms with Gasteiger partial charge in [-0.05, 0) is 31.0 Å². The van der Waals surface area contributed by atoms with Crippen LogP contribution in [0.5, 0.6) is 0 Å². The number of carbonyl (C=O) groups is 3. The third-order valence-electron chi connectivity index (χ3n) is 6.71. The maximum absolute atomic E-state index is 15.2. The summed E-state index contributed by atoms with van der Waals surface area (Å²) < 4.78 is 18.5. The van der Waals surface area contributed by atoms with Gasteiger partial charge in [0.2, 0.25) is 12.0 Å². The van der Waals surface area contributed by atoms with Gasteiger partial charge in [0.25, 0.3) is 11.8 Å². The van der Waals surface area contributed by atoms with Gasteiger partial charge in [0.15, 0.2) is 12.4 Å². The highest BCUT2D eigenvalue weighted by Crippen LogP contribution is 2.38. The van der Waals surface area contributed by atoms with Crippen molar-refractivity contribution >= 4 is 34.4 Å². The number of nitrogens with zero attached hydrogens (tertiary/aromatic N) is 4. The molecule has 194 valence electrons. The average molecular weight is 574 g/mol. The summed E-state index contributed by atoms with van der Waals surface area (Å²) in [6, 6.07) is 6.04. The maximum atomic E-state index is 15.2. The maximum Gasteiger partial charge on any atom is 0.341 e. The summed E-state index contributed by atoms with van der Waals surface area (Å²) in [6.45, 7) is 1.58. The molecule has 2 fully saturated rings. The number of hydrogen-bond acceptors (Lipinski definition) is 5. The Morgan fingerprint density at radius 3 is 2.46 bits per heavy atom. The Hall–Kier alpha value is -3.80. The fourth-order valence-corrected chi connectivity index (χ4v) is 4.63. The number of halogens is 2. The highest BCUT2D eigenvalue weighted by atomic mass is 79.9. The number of benzene rings is 1. The molecule has 10 nitrogen and oxygen atoms in total. The van der Waals surface area contributed by atoms with E-state index in [1.165, 1.54) is 12.4 Å². The highest BCUT2D eigenvalue weighted by molar-refractivity contribution is 5.94. The molecule has 1 saturated heterocycles. The number of primary amides is 1. The van der Waals surface area contributed by atoms with E-state index in [1.807, 2.05) is 4.90 Å². The fourth-order valence-electron chi connectivity index (χ4n) is 4.63. The number of aromatic nitrogens is 2. The topological polar surface area (TPSA) is 130 Å². The van der Waals surface area contributed by atoms with Crippen LogP contribution in [0.25, 0.3) is 10.9 Å². The van der Waals surface area contributed by atoms with Gasteiger partial charge in [-0.3, -0.25) is 14.4 Å². The number of hydrogen-bond donors (Lipinski definition) is 2. The van der Waals surface area contributed by atoms with E-state index >= 15 is 4.39 Å². The van der Waals surface area contributed by atoms with Crippen molar-refractivity contribution in [2.75, 3.05) is 31.1 Å². The van der Waals surface area contributed by atoms with E-state index in [4.69, 9.17) is 5.73 Å². The minimum Gasteiger partial charge on any atom is -1.00 e. The molecule has 0 atom stereocenters. The summed E-state index contributed by atoms with van der Waals surface area (Å²) >= 11 is 0. The molecule has 0 bridgehead atoms. The van der Waals surface area contributed by atoms with E-state index < -0.39 is 23.1 Å². The Labute approximate surface area is 221 Å². The summed E-state index contributed by atoms with van der Waals surface area (Å²) in [6.07, 6.45) is 6.29. The molecule has 12 heteroatoms. The minimum atomic E-state index is -1.33. The number of carboxylic acid groups (broad SMARTS) is 1. The molecule has 0 spiro atoms. The highest BCUT2D eigenvalue weighted by Gasteiger charge is 2.29. The number of rotatable bonds is 6. The second kappa shape index (κ2) is 10.3. The summed E-state index contributed by atoms with van der Waals surface area (Å²) in [5.74, 6) is -2.65. The molecule has 3 heterocycles. The zero-order valence-corrected chi connectivity index (χ0v) is 21.4. The first kappa shape index (κ1) is 26.3. The van der Waals surface area contributed by atoms with Gasteiger partial charge >= 0.3 is 5.97 Å². The molecule has 5 rings (SSSR count). The predicted molar refractivity (Wildman–Crippen MR) is 127 cm³/mol. The zero-order chi connectivity index (χ0) is 25.6. The lowest BCUT2D eigenvalue weighted by molar-refractivity contribution is -0.685. The number of nitrogens with two attached hydrogens (primary N) is 1. The van der Waals surface area contributed by atoms with E-state index in [9.17, 15) is 24.3 Å². The summed E-state index contributed by atoms with van der Waals surface area (Å²) in [4.78, 5) is 51.9. The van der Waals surface area contributed by atoms with Crippen molar-refractivity contribution in [3.63, 3.8) is 0 Å². The number of anilines is 1. The van der Waals surface area contributed by atoms with Crippen LogP contribution < -0.4 is 37.6 Å². The van der Waals surface area contributed by atoms with Gasteiger partial charge in [0.1, 0.15) is 16.9 Å². The van der Waals surface area contributed by atoms with Crippen molar-refractivity contribution in [2.45, 2.75) is 25.4 Å². The third kappa shape index (κ3) is 5.19. The Morgan fingerprint density at radius 2 is 1.84 bits per heavy atom. The largest absolute Gasteiger partial charge is 1.00 e. The molecule has 0 unspecified atom stereocenters. The Bertz CT molecular complexity index is 1460. The molecular formula is C25H25BrFN5O5. The first-order valence-electron chi connectivity index (χ1n) is 11.7.